The molecule has 0 aliphatic rings. The summed E-state index contributed by atoms with van der Waals surface area (Å²) in [5.74, 6) is -0.237. The quantitative estimate of drug-likeness (QED) is 0.770. The molecule has 2 aromatic carbocycles. The fourth-order valence-corrected chi connectivity index (χ4v) is 3.65. The molecule has 0 saturated heterocycles. The number of carbonyl (C=O) groups excluding carboxylic acids is 1. The van der Waals surface area contributed by atoms with Gasteiger partial charge in [0.15, 0.2) is 0 Å². The Hall–Kier alpha value is -2.09. The van der Waals surface area contributed by atoms with Gasteiger partial charge in [0.2, 0.25) is 10.0 Å². The molecule has 0 fully saturated rings. The fourth-order valence-electron chi connectivity index (χ4n) is 2.22. The average molecular weight is 383 g/mol. The van der Waals surface area contributed by atoms with Gasteiger partial charge < -0.3 is 10.1 Å². The molecule has 0 bridgehead atoms. The first-order chi connectivity index (χ1) is 11.9. The summed E-state index contributed by atoms with van der Waals surface area (Å²) in [7, 11) is -2.39. The lowest BCUT2D eigenvalue weighted by atomic mass is 10.2. The summed E-state index contributed by atoms with van der Waals surface area (Å²) in [4.78, 5) is 12.3. The van der Waals surface area contributed by atoms with E-state index in [-0.39, 0.29) is 29.3 Å². The van der Waals surface area contributed by atoms with Gasteiger partial charge in [-0.05, 0) is 29.8 Å². The largest absolute Gasteiger partial charge is 0.495 e. The summed E-state index contributed by atoms with van der Waals surface area (Å²) in [5.41, 5.74) is 0.982. The Bertz CT molecular complexity index is 869. The van der Waals surface area contributed by atoms with Crippen molar-refractivity contribution in [2.75, 3.05) is 13.7 Å². The predicted molar refractivity (Wildman–Crippen MR) is 96.5 cm³/mol. The molecule has 0 aliphatic heterocycles. The minimum atomic E-state index is -3.76. The molecular formula is C17H19ClN2O4S. The Kier molecular flexibility index (Phi) is 6.41. The summed E-state index contributed by atoms with van der Waals surface area (Å²) in [6.45, 7) is 2.14. The maximum Gasteiger partial charge on any atom is 0.251 e. The topological polar surface area (TPSA) is 84.5 Å². The van der Waals surface area contributed by atoms with Crippen molar-refractivity contribution in [2.45, 2.75) is 18.4 Å². The van der Waals surface area contributed by atoms with Gasteiger partial charge in [-0.15, -0.1) is 0 Å². The van der Waals surface area contributed by atoms with Crippen LogP contribution < -0.4 is 14.8 Å². The number of carbonyl (C=O) groups is 1. The minimum absolute atomic E-state index is 0.0813. The van der Waals surface area contributed by atoms with Gasteiger partial charge in [-0.3, -0.25) is 4.79 Å². The van der Waals surface area contributed by atoms with Gasteiger partial charge in [0.25, 0.3) is 5.91 Å². The van der Waals surface area contributed by atoms with E-state index in [0.29, 0.717) is 5.02 Å². The van der Waals surface area contributed by atoms with Crippen LogP contribution in [-0.2, 0) is 16.6 Å². The van der Waals surface area contributed by atoms with Crippen molar-refractivity contribution in [1.82, 2.24) is 10.0 Å². The highest BCUT2D eigenvalue weighted by Crippen LogP contribution is 2.25. The number of benzene rings is 2. The van der Waals surface area contributed by atoms with Gasteiger partial charge >= 0.3 is 0 Å². The van der Waals surface area contributed by atoms with E-state index in [1.165, 1.54) is 25.3 Å². The maximum absolute atomic E-state index is 12.4. The van der Waals surface area contributed by atoms with Crippen molar-refractivity contribution < 1.29 is 17.9 Å². The number of hydrogen-bond acceptors (Lipinski definition) is 4. The molecule has 0 saturated carbocycles. The zero-order valence-corrected chi connectivity index (χ0v) is 15.4. The van der Waals surface area contributed by atoms with Crippen LogP contribution in [0.25, 0.3) is 0 Å². The summed E-state index contributed by atoms with van der Waals surface area (Å²) >= 11 is 6.06. The smallest absolute Gasteiger partial charge is 0.251 e. The van der Waals surface area contributed by atoms with Gasteiger partial charge in [0.05, 0.1) is 7.11 Å². The highest BCUT2D eigenvalue weighted by molar-refractivity contribution is 7.89. The molecule has 25 heavy (non-hydrogen) atoms. The van der Waals surface area contributed by atoms with Gasteiger partial charge in [-0.1, -0.05) is 36.7 Å². The normalized spacial score (nSPS) is 11.2. The van der Waals surface area contributed by atoms with Crippen LogP contribution in [-0.4, -0.2) is 28.0 Å². The Balaban J connectivity index is 2.24. The van der Waals surface area contributed by atoms with Crippen LogP contribution in [0.15, 0.2) is 47.4 Å². The number of hydrogen-bond donors (Lipinski definition) is 2. The molecule has 8 heteroatoms. The van der Waals surface area contributed by atoms with Crippen molar-refractivity contribution in [3.63, 3.8) is 0 Å². The summed E-state index contributed by atoms with van der Waals surface area (Å²) in [6, 6.07) is 11.4. The number of methoxy groups -OCH3 is 1. The van der Waals surface area contributed by atoms with Gasteiger partial charge in [-0.2, -0.15) is 0 Å². The van der Waals surface area contributed by atoms with E-state index in [9.17, 15) is 13.2 Å². The van der Waals surface area contributed by atoms with Crippen molar-refractivity contribution in [2.24, 2.45) is 0 Å². The lowest BCUT2D eigenvalue weighted by Crippen LogP contribution is -2.26. The first-order valence-corrected chi connectivity index (χ1v) is 9.44. The first-order valence-electron chi connectivity index (χ1n) is 7.58. The number of rotatable bonds is 7. The Morgan fingerprint density at radius 3 is 2.56 bits per heavy atom. The molecule has 2 N–H and O–H groups in total. The predicted octanol–water partition coefficient (Wildman–Crippen LogP) is 2.58. The zero-order chi connectivity index (χ0) is 18.4. The monoisotopic (exact) mass is 382 g/mol. The molecule has 0 aliphatic carbocycles. The van der Waals surface area contributed by atoms with Gasteiger partial charge in [0, 0.05) is 23.7 Å². The molecule has 2 aromatic rings. The lowest BCUT2D eigenvalue weighted by Gasteiger charge is -2.12. The van der Waals surface area contributed by atoms with Crippen LogP contribution in [0.3, 0.4) is 0 Å². The van der Waals surface area contributed by atoms with Crippen molar-refractivity contribution in [3.8, 4) is 5.75 Å². The van der Waals surface area contributed by atoms with Crippen LogP contribution in [0, 0.1) is 0 Å². The molecule has 0 atom stereocenters. The summed E-state index contributed by atoms with van der Waals surface area (Å²) < 4.78 is 32.0. The molecule has 0 aromatic heterocycles. The Morgan fingerprint density at radius 2 is 1.92 bits per heavy atom. The van der Waals surface area contributed by atoms with Gasteiger partial charge in [-0.25, -0.2) is 13.1 Å². The van der Waals surface area contributed by atoms with E-state index in [2.05, 4.69) is 10.0 Å². The molecule has 134 valence electrons. The lowest BCUT2D eigenvalue weighted by molar-refractivity contribution is 0.0950. The van der Waals surface area contributed by atoms with Crippen LogP contribution >= 0.6 is 11.6 Å². The highest BCUT2D eigenvalue weighted by atomic mass is 35.5. The van der Waals surface area contributed by atoms with Gasteiger partial charge in [0.1, 0.15) is 10.6 Å². The first kappa shape index (κ1) is 19.2. The van der Waals surface area contributed by atoms with E-state index in [1.54, 1.807) is 25.1 Å². The second kappa shape index (κ2) is 8.33. The minimum Gasteiger partial charge on any atom is -0.495 e. The van der Waals surface area contributed by atoms with E-state index < -0.39 is 15.9 Å². The second-order valence-corrected chi connectivity index (χ2v) is 7.28. The van der Waals surface area contributed by atoms with E-state index >= 15 is 0 Å². The third-order valence-electron chi connectivity index (χ3n) is 3.45. The Morgan fingerprint density at radius 1 is 1.20 bits per heavy atom. The number of ether oxygens (including phenoxy) is 1. The average Bonchev–Trinajstić information content (AvgIpc) is 2.60. The number of sulfonamides is 1. The summed E-state index contributed by atoms with van der Waals surface area (Å²) in [6.07, 6.45) is 0. The molecule has 0 heterocycles. The highest BCUT2D eigenvalue weighted by Gasteiger charge is 2.21. The van der Waals surface area contributed by atoms with Crippen molar-refractivity contribution in [1.29, 1.82) is 0 Å². The number of halogens is 1. The Labute approximate surface area is 152 Å². The maximum atomic E-state index is 12.4. The molecule has 0 radical (unpaired) electrons. The second-order valence-electron chi connectivity index (χ2n) is 5.14. The summed E-state index contributed by atoms with van der Waals surface area (Å²) in [5, 5.41) is 3.27. The molecule has 1 amide bonds. The van der Waals surface area contributed by atoms with E-state index in [0.717, 1.165) is 5.56 Å². The third kappa shape index (κ3) is 4.72. The van der Waals surface area contributed by atoms with E-state index in [4.69, 9.17) is 16.3 Å². The molecule has 6 nitrogen and oxygen atoms in total. The molecule has 2 rings (SSSR count). The van der Waals surface area contributed by atoms with Crippen molar-refractivity contribution >= 4 is 27.5 Å². The van der Waals surface area contributed by atoms with Crippen LogP contribution in [0.4, 0.5) is 0 Å². The molecular weight excluding hydrogens is 364 g/mol. The van der Waals surface area contributed by atoms with Crippen LogP contribution in [0.2, 0.25) is 5.02 Å². The SMILES string of the molecule is CCNS(=O)(=O)c1cc(C(=O)NCc2ccccc2Cl)ccc1OC. The zero-order valence-electron chi connectivity index (χ0n) is 13.9. The van der Waals surface area contributed by atoms with Crippen LogP contribution in [0.5, 0.6) is 5.75 Å². The number of nitrogens with one attached hydrogen (secondary N) is 2. The molecule has 0 unspecified atom stereocenters. The standard InChI is InChI=1S/C17H19ClN2O4S/c1-3-20-25(22,23)16-10-12(8-9-15(16)24-2)17(21)19-11-13-6-4-5-7-14(13)18/h4-10,20H,3,11H2,1-2H3,(H,19,21). The third-order valence-corrected chi connectivity index (χ3v) is 5.38. The molecule has 0 spiro atoms. The van der Waals surface area contributed by atoms with Crippen LogP contribution in [0.1, 0.15) is 22.8 Å². The van der Waals surface area contributed by atoms with E-state index in [1.807, 2.05) is 6.07 Å². The fraction of sp³-hybridized carbons (Fsp3) is 0.235. The number of amides is 1. The van der Waals surface area contributed by atoms with Crippen molar-refractivity contribution in [3.05, 3.63) is 58.6 Å².